The van der Waals surface area contributed by atoms with Crippen molar-refractivity contribution in [2.45, 2.75) is 12.3 Å². The van der Waals surface area contributed by atoms with E-state index in [-0.39, 0.29) is 10.7 Å². The molecule has 1 heterocycles. The number of nitrogens with zero attached hydrogens (tertiary/aromatic N) is 1. The van der Waals surface area contributed by atoms with Crippen LogP contribution in [0.25, 0.3) is 0 Å². The summed E-state index contributed by atoms with van der Waals surface area (Å²) in [4.78, 5) is 3.58. The Hall–Kier alpha value is -0.260. The van der Waals surface area contributed by atoms with Gasteiger partial charge in [-0.25, -0.2) is 13.8 Å². The fraction of sp³-hybridized carbons (Fsp3) is 0.375. The Bertz CT molecular complexity index is 335. The highest BCUT2D eigenvalue weighted by Crippen LogP contribution is 2.36. The second kappa shape index (κ2) is 4.51. The Morgan fingerprint density at radius 1 is 1.57 bits per heavy atom. The highest BCUT2D eigenvalue weighted by atomic mass is 79.9. The Morgan fingerprint density at radius 3 is 2.79 bits per heavy atom. The lowest BCUT2D eigenvalue weighted by Crippen LogP contribution is -2.16. The topological polar surface area (TPSA) is 33.1 Å². The van der Waals surface area contributed by atoms with Gasteiger partial charge >= 0.3 is 0 Å². The van der Waals surface area contributed by atoms with Crippen molar-refractivity contribution in [1.82, 2.24) is 4.98 Å². The summed E-state index contributed by atoms with van der Waals surface area (Å²) in [7, 11) is 0. The minimum atomic E-state index is -3.15. The molecule has 0 aromatic carbocycles. The van der Waals surface area contributed by atoms with Gasteiger partial charge in [0.2, 0.25) is 0 Å². The smallest absolute Gasteiger partial charge is 0.278 e. The van der Waals surface area contributed by atoms with E-state index in [1.165, 1.54) is 12.3 Å². The van der Waals surface area contributed by atoms with E-state index in [1.54, 1.807) is 0 Å². The van der Waals surface area contributed by atoms with Gasteiger partial charge in [0, 0.05) is 23.7 Å². The first-order valence-electron chi connectivity index (χ1n) is 3.77. The zero-order valence-electron chi connectivity index (χ0n) is 6.98. The van der Waals surface area contributed by atoms with Crippen molar-refractivity contribution in [1.29, 1.82) is 0 Å². The molecule has 1 rings (SSSR count). The molecule has 2 nitrogen and oxygen atoms in total. The molecule has 0 amide bonds. The van der Waals surface area contributed by atoms with Crippen LogP contribution in [0.3, 0.4) is 0 Å². The lowest BCUT2D eigenvalue weighted by Gasteiger charge is -2.16. The van der Waals surface area contributed by atoms with Gasteiger partial charge in [-0.2, -0.15) is 0 Å². The minimum Gasteiger partial charge on any atom is -0.396 e. The fourth-order valence-electron chi connectivity index (χ4n) is 0.954. The summed E-state index contributed by atoms with van der Waals surface area (Å²) in [6.45, 7) is -0.601. The molecule has 1 N–H and O–H groups in total. The molecule has 0 unspecified atom stereocenters. The van der Waals surface area contributed by atoms with Crippen molar-refractivity contribution in [3.05, 3.63) is 27.5 Å². The number of rotatable bonds is 3. The van der Waals surface area contributed by atoms with Crippen molar-refractivity contribution in [2.24, 2.45) is 0 Å². The van der Waals surface area contributed by atoms with Crippen LogP contribution in [-0.4, -0.2) is 16.7 Å². The van der Waals surface area contributed by atoms with E-state index >= 15 is 0 Å². The van der Waals surface area contributed by atoms with Crippen LogP contribution in [0.15, 0.2) is 16.7 Å². The van der Waals surface area contributed by atoms with Crippen LogP contribution in [-0.2, 0) is 5.92 Å². The number of aliphatic hydroxyl groups is 1. The maximum atomic E-state index is 13.3. The molecule has 0 aliphatic carbocycles. The van der Waals surface area contributed by atoms with E-state index in [0.29, 0.717) is 4.47 Å². The van der Waals surface area contributed by atoms with E-state index in [9.17, 15) is 8.78 Å². The van der Waals surface area contributed by atoms with Gasteiger partial charge in [0.05, 0.1) is 5.56 Å². The van der Waals surface area contributed by atoms with Gasteiger partial charge in [0.1, 0.15) is 5.15 Å². The van der Waals surface area contributed by atoms with Crippen molar-refractivity contribution in [3.8, 4) is 0 Å². The Balaban J connectivity index is 3.10. The van der Waals surface area contributed by atoms with Crippen molar-refractivity contribution in [3.63, 3.8) is 0 Å². The summed E-state index contributed by atoms with van der Waals surface area (Å²) in [5, 5.41) is 8.22. The molecule has 0 saturated heterocycles. The van der Waals surface area contributed by atoms with Crippen molar-refractivity contribution in [2.75, 3.05) is 6.61 Å². The zero-order valence-corrected chi connectivity index (χ0v) is 9.32. The standard InChI is InChI=1S/C8H7BrClF2NO/c9-5-3-6(7(10)13-4-5)8(11,12)1-2-14/h3-4,14H,1-2H2. The Labute approximate surface area is 93.0 Å². The number of pyridine rings is 1. The number of aliphatic hydroxyl groups excluding tert-OH is 1. The zero-order chi connectivity index (χ0) is 10.8. The first-order chi connectivity index (χ1) is 6.47. The molecular formula is C8H7BrClF2NO. The third-order valence-corrected chi connectivity index (χ3v) is 2.36. The van der Waals surface area contributed by atoms with Crippen LogP contribution >= 0.6 is 27.5 Å². The number of halogens is 4. The van der Waals surface area contributed by atoms with Crippen molar-refractivity contribution >= 4 is 27.5 Å². The molecule has 1 aromatic rings. The number of hydrogen-bond donors (Lipinski definition) is 1. The summed E-state index contributed by atoms with van der Waals surface area (Å²) in [5.41, 5.74) is -0.373. The number of alkyl halides is 2. The van der Waals surface area contributed by atoms with Gasteiger partial charge in [-0.3, -0.25) is 0 Å². The lowest BCUT2D eigenvalue weighted by molar-refractivity contribution is -0.0271. The van der Waals surface area contributed by atoms with E-state index < -0.39 is 19.0 Å². The monoisotopic (exact) mass is 285 g/mol. The second-order valence-corrected chi connectivity index (χ2v) is 3.94. The molecule has 1 aromatic heterocycles. The van der Waals surface area contributed by atoms with Gasteiger partial charge < -0.3 is 5.11 Å². The molecule has 14 heavy (non-hydrogen) atoms. The maximum absolute atomic E-state index is 13.3. The highest BCUT2D eigenvalue weighted by molar-refractivity contribution is 9.10. The highest BCUT2D eigenvalue weighted by Gasteiger charge is 2.33. The summed E-state index contributed by atoms with van der Waals surface area (Å²) in [6, 6.07) is 1.20. The second-order valence-electron chi connectivity index (χ2n) is 2.67. The van der Waals surface area contributed by atoms with Crippen LogP contribution in [0.2, 0.25) is 5.15 Å². The molecule has 0 saturated carbocycles. The lowest BCUT2D eigenvalue weighted by atomic mass is 10.1. The molecule has 0 radical (unpaired) electrons. The van der Waals surface area contributed by atoms with Gasteiger partial charge in [-0.15, -0.1) is 0 Å². The third kappa shape index (κ3) is 2.62. The summed E-state index contributed by atoms with van der Waals surface area (Å²) < 4.78 is 27.0. The Morgan fingerprint density at radius 2 is 2.21 bits per heavy atom. The van der Waals surface area contributed by atoms with Crippen LogP contribution in [0.1, 0.15) is 12.0 Å². The molecule has 0 aliphatic heterocycles. The summed E-state index contributed by atoms with van der Waals surface area (Å²) in [5.74, 6) is -3.15. The van der Waals surface area contributed by atoms with Crippen molar-refractivity contribution < 1.29 is 13.9 Å². The first kappa shape index (κ1) is 11.8. The van der Waals surface area contributed by atoms with Crippen LogP contribution in [0.5, 0.6) is 0 Å². The summed E-state index contributed by atoms with van der Waals surface area (Å²) in [6.07, 6.45) is 0.672. The molecular weight excluding hydrogens is 279 g/mol. The maximum Gasteiger partial charge on any atom is 0.278 e. The van der Waals surface area contributed by atoms with Crippen LogP contribution in [0, 0.1) is 0 Å². The normalized spacial score (nSPS) is 11.8. The average Bonchev–Trinajstić information content (AvgIpc) is 2.09. The molecule has 0 atom stereocenters. The first-order valence-corrected chi connectivity index (χ1v) is 4.94. The largest absolute Gasteiger partial charge is 0.396 e. The fourth-order valence-corrected chi connectivity index (χ4v) is 1.53. The van der Waals surface area contributed by atoms with Gasteiger partial charge in [-0.1, -0.05) is 11.6 Å². The van der Waals surface area contributed by atoms with E-state index in [1.807, 2.05) is 0 Å². The number of aromatic nitrogens is 1. The van der Waals surface area contributed by atoms with Gasteiger partial charge in [0.25, 0.3) is 5.92 Å². The molecule has 0 aliphatic rings. The number of hydrogen-bond acceptors (Lipinski definition) is 2. The molecule has 0 bridgehead atoms. The van der Waals surface area contributed by atoms with E-state index in [0.717, 1.165) is 0 Å². The minimum absolute atomic E-state index is 0.244. The van der Waals surface area contributed by atoms with Crippen LogP contribution < -0.4 is 0 Å². The van der Waals surface area contributed by atoms with E-state index in [2.05, 4.69) is 20.9 Å². The molecule has 6 heteroatoms. The van der Waals surface area contributed by atoms with Crippen LogP contribution in [0.4, 0.5) is 8.78 Å². The Kier molecular flexibility index (Phi) is 3.80. The molecule has 0 spiro atoms. The SMILES string of the molecule is OCCC(F)(F)c1cc(Br)cnc1Cl. The third-order valence-electron chi connectivity index (χ3n) is 1.63. The predicted octanol–water partition coefficient (Wildman–Crippen LogP) is 2.97. The molecule has 78 valence electrons. The quantitative estimate of drug-likeness (QED) is 0.867. The van der Waals surface area contributed by atoms with Gasteiger partial charge in [0.15, 0.2) is 0 Å². The van der Waals surface area contributed by atoms with E-state index in [4.69, 9.17) is 16.7 Å². The average molecular weight is 287 g/mol. The molecule has 0 fully saturated rings. The summed E-state index contributed by atoms with van der Waals surface area (Å²) >= 11 is 8.55. The van der Waals surface area contributed by atoms with Gasteiger partial charge in [-0.05, 0) is 22.0 Å². The predicted molar refractivity (Wildman–Crippen MR) is 52.5 cm³/mol.